The largest absolute Gasteiger partial charge is 0.465 e. The summed E-state index contributed by atoms with van der Waals surface area (Å²) in [4.78, 5) is 28.3. The van der Waals surface area contributed by atoms with Crippen molar-refractivity contribution in [2.24, 2.45) is 0 Å². The fourth-order valence-electron chi connectivity index (χ4n) is 3.11. The highest BCUT2D eigenvalue weighted by molar-refractivity contribution is 6.31. The van der Waals surface area contributed by atoms with Crippen molar-refractivity contribution in [2.45, 2.75) is 6.54 Å². The third-order valence-corrected chi connectivity index (χ3v) is 4.97. The lowest BCUT2D eigenvalue weighted by Gasteiger charge is -2.36. The first-order chi connectivity index (χ1) is 13.1. The quantitative estimate of drug-likeness (QED) is 0.818. The molecule has 1 fully saturated rings. The summed E-state index contributed by atoms with van der Waals surface area (Å²) in [6.07, 6.45) is 0. The van der Waals surface area contributed by atoms with E-state index in [0.717, 1.165) is 11.3 Å². The molecule has 1 saturated heterocycles. The molecule has 3 rings (SSSR count). The first-order valence-corrected chi connectivity index (χ1v) is 9.16. The van der Waals surface area contributed by atoms with Crippen LogP contribution in [-0.4, -0.2) is 50.2 Å². The molecule has 1 aliphatic heterocycles. The van der Waals surface area contributed by atoms with Crippen LogP contribution in [0.2, 0.25) is 5.02 Å². The van der Waals surface area contributed by atoms with Crippen molar-refractivity contribution >= 4 is 29.3 Å². The number of piperazine rings is 1. The Hall–Kier alpha value is -2.73. The number of carbonyl (C=O) groups excluding carboxylic acids is 2. The topological polar surface area (TPSA) is 61.9 Å². The SMILES string of the molecule is COC(=O)c1ccccc1N1CCN(C(=O)NCc2ccccc2Cl)CC1. The first kappa shape index (κ1) is 19.0. The Kier molecular flexibility index (Phi) is 6.19. The number of hydrogen-bond acceptors (Lipinski definition) is 4. The molecular weight excluding hydrogens is 366 g/mol. The number of amides is 2. The minimum absolute atomic E-state index is 0.115. The van der Waals surface area contributed by atoms with Crippen LogP contribution in [0.3, 0.4) is 0 Å². The molecular formula is C20H22ClN3O3. The van der Waals surface area contributed by atoms with Crippen molar-refractivity contribution in [1.82, 2.24) is 10.2 Å². The number of halogens is 1. The molecule has 0 aliphatic carbocycles. The van der Waals surface area contributed by atoms with Gasteiger partial charge in [0.15, 0.2) is 0 Å². The number of carbonyl (C=O) groups is 2. The number of nitrogens with zero attached hydrogens (tertiary/aromatic N) is 2. The number of nitrogens with one attached hydrogen (secondary N) is 1. The summed E-state index contributed by atoms with van der Waals surface area (Å²) < 4.78 is 4.86. The van der Waals surface area contributed by atoms with E-state index >= 15 is 0 Å². The molecule has 1 heterocycles. The number of methoxy groups -OCH3 is 1. The summed E-state index contributed by atoms with van der Waals surface area (Å²) in [6, 6.07) is 14.7. The van der Waals surface area contributed by atoms with E-state index in [1.807, 2.05) is 36.4 Å². The Morgan fingerprint density at radius 2 is 1.70 bits per heavy atom. The molecule has 2 aromatic rings. The van der Waals surface area contributed by atoms with Gasteiger partial charge in [0.1, 0.15) is 0 Å². The van der Waals surface area contributed by atoms with Gasteiger partial charge < -0.3 is 19.9 Å². The molecule has 0 aromatic heterocycles. The van der Waals surface area contributed by atoms with Crippen LogP contribution < -0.4 is 10.2 Å². The van der Waals surface area contributed by atoms with E-state index in [1.54, 1.807) is 17.0 Å². The molecule has 6 nitrogen and oxygen atoms in total. The first-order valence-electron chi connectivity index (χ1n) is 8.78. The number of hydrogen-bond donors (Lipinski definition) is 1. The lowest BCUT2D eigenvalue weighted by Crippen LogP contribution is -2.52. The van der Waals surface area contributed by atoms with Gasteiger partial charge in [-0.3, -0.25) is 0 Å². The third kappa shape index (κ3) is 4.52. The Morgan fingerprint density at radius 3 is 2.41 bits per heavy atom. The molecule has 1 N–H and O–H groups in total. The van der Waals surface area contributed by atoms with Gasteiger partial charge >= 0.3 is 12.0 Å². The summed E-state index contributed by atoms with van der Waals surface area (Å²) in [6.45, 7) is 2.83. The van der Waals surface area contributed by atoms with Gasteiger partial charge in [0.25, 0.3) is 0 Å². The van der Waals surface area contributed by atoms with Crippen LogP contribution in [0.5, 0.6) is 0 Å². The zero-order chi connectivity index (χ0) is 19.2. The van der Waals surface area contributed by atoms with Crippen LogP contribution in [-0.2, 0) is 11.3 Å². The normalized spacial score (nSPS) is 14.0. The molecule has 0 unspecified atom stereocenters. The molecule has 2 amide bonds. The second-order valence-electron chi connectivity index (χ2n) is 6.23. The molecule has 0 spiro atoms. The molecule has 1 aliphatic rings. The molecule has 0 saturated carbocycles. The maximum absolute atomic E-state index is 12.4. The molecule has 2 aromatic carbocycles. The number of ether oxygens (including phenoxy) is 1. The minimum atomic E-state index is -0.356. The predicted molar refractivity (Wildman–Crippen MR) is 105 cm³/mol. The Labute approximate surface area is 163 Å². The van der Waals surface area contributed by atoms with Crippen LogP contribution in [0, 0.1) is 0 Å². The van der Waals surface area contributed by atoms with Crippen molar-refractivity contribution in [3.05, 3.63) is 64.7 Å². The molecule has 27 heavy (non-hydrogen) atoms. The maximum atomic E-state index is 12.4. The van der Waals surface area contributed by atoms with Crippen LogP contribution in [0.25, 0.3) is 0 Å². The third-order valence-electron chi connectivity index (χ3n) is 4.60. The van der Waals surface area contributed by atoms with Gasteiger partial charge in [-0.25, -0.2) is 9.59 Å². The average molecular weight is 388 g/mol. The van der Waals surface area contributed by atoms with Crippen LogP contribution in [0.4, 0.5) is 10.5 Å². The van der Waals surface area contributed by atoms with E-state index in [1.165, 1.54) is 7.11 Å². The second-order valence-corrected chi connectivity index (χ2v) is 6.64. The van der Waals surface area contributed by atoms with Gasteiger partial charge in [0, 0.05) is 37.7 Å². The summed E-state index contributed by atoms with van der Waals surface area (Å²) >= 11 is 6.12. The molecule has 142 valence electrons. The summed E-state index contributed by atoms with van der Waals surface area (Å²) in [5.41, 5.74) is 2.26. The van der Waals surface area contributed by atoms with Gasteiger partial charge in [-0.15, -0.1) is 0 Å². The number of urea groups is 1. The van der Waals surface area contributed by atoms with Crippen molar-refractivity contribution in [3.63, 3.8) is 0 Å². The van der Waals surface area contributed by atoms with Crippen molar-refractivity contribution in [3.8, 4) is 0 Å². The monoisotopic (exact) mass is 387 g/mol. The highest BCUT2D eigenvalue weighted by atomic mass is 35.5. The zero-order valence-corrected chi connectivity index (χ0v) is 15.9. The average Bonchev–Trinajstić information content (AvgIpc) is 2.72. The van der Waals surface area contributed by atoms with E-state index in [2.05, 4.69) is 10.2 Å². The summed E-state index contributed by atoms with van der Waals surface area (Å²) in [7, 11) is 1.38. The summed E-state index contributed by atoms with van der Waals surface area (Å²) in [5, 5.41) is 3.55. The van der Waals surface area contributed by atoms with Crippen molar-refractivity contribution < 1.29 is 14.3 Å². The van der Waals surface area contributed by atoms with E-state index in [9.17, 15) is 9.59 Å². The number of rotatable bonds is 4. The Bertz CT molecular complexity index is 820. The van der Waals surface area contributed by atoms with Gasteiger partial charge in [0.05, 0.1) is 18.4 Å². The maximum Gasteiger partial charge on any atom is 0.339 e. The van der Waals surface area contributed by atoms with Gasteiger partial charge in [0.2, 0.25) is 0 Å². The smallest absolute Gasteiger partial charge is 0.339 e. The van der Waals surface area contributed by atoms with Crippen LogP contribution >= 0.6 is 11.6 Å². The molecule has 0 bridgehead atoms. The zero-order valence-electron chi connectivity index (χ0n) is 15.2. The fraction of sp³-hybridized carbons (Fsp3) is 0.300. The highest BCUT2D eigenvalue weighted by Crippen LogP contribution is 2.22. The van der Waals surface area contributed by atoms with Gasteiger partial charge in [-0.05, 0) is 23.8 Å². The van der Waals surface area contributed by atoms with Gasteiger partial charge in [-0.1, -0.05) is 41.9 Å². The van der Waals surface area contributed by atoms with Crippen molar-refractivity contribution in [2.75, 3.05) is 38.2 Å². The number of benzene rings is 2. The van der Waals surface area contributed by atoms with E-state index < -0.39 is 0 Å². The van der Waals surface area contributed by atoms with E-state index in [4.69, 9.17) is 16.3 Å². The van der Waals surface area contributed by atoms with Crippen LogP contribution in [0.1, 0.15) is 15.9 Å². The Morgan fingerprint density at radius 1 is 1.04 bits per heavy atom. The highest BCUT2D eigenvalue weighted by Gasteiger charge is 2.24. The van der Waals surface area contributed by atoms with Crippen molar-refractivity contribution in [1.29, 1.82) is 0 Å². The van der Waals surface area contributed by atoms with E-state index in [-0.39, 0.29) is 12.0 Å². The van der Waals surface area contributed by atoms with Crippen LogP contribution in [0.15, 0.2) is 48.5 Å². The molecule has 0 radical (unpaired) electrons. The fourth-order valence-corrected chi connectivity index (χ4v) is 3.31. The Balaban J connectivity index is 1.57. The van der Waals surface area contributed by atoms with Gasteiger partial charge in [-0.2, -0.15) is 0 Å². The number of para-hydroxylation sites is 1. The summed E-state index contributed by atoms with van der Waals surface area (Å²) in [5.74, 6) is -0.356. The number of anilines is 1. The lowest BCUT2D eigenvalue weighted by atomic mass is 10.1. The number of esters is 1. The molecule has 7 heteroatoms. The standard InChI is InChI=1S/C20H22ClN3O3/c1-27-19(25)16-7-3-5-9-18(16)23-10-12-24(13-11-23)20(26)22-14-15-6-2-4-8-17(15)21/h2-9H,10-14H2,1H3,(H,22,26). The lowest BCUT2D eigenvalue weighted by molar-refractivity contribution is 0.0601. The van der Waals surface area contributed by atoms with E-state index in [0.29, 0.717) is 43.3 Å². The predicted octanol–water partition coefficient (Wildman–Crippen LogP) is 3.16. The second kappa shape index (κ2) is 8.77. The minimum Gasteiger partial charge on any atom is -0.465 e. The molecule has 0 atom stereocenters.